The Balaban J connectivity index is 2.11. The predicted molar refractivity (Wildman–Crippen MR) is 81.4 cm³/mol. The van der Waals surface area contributed by atoms with Crippen LogP contribution in [0.5, 0.6) is 5.88 Å². The summed E-state index contributed by atoms with van der Waals surface area (Å²) in [6.07, 6.45) is 0.812. The van der Waals surface area contributed by atoms with Gasteiger partial charge in [-0.3, -0.25) is 0 Å². The van der Waals surface area contributed by atoms with Crippen LogP contribution in [0.3, 0.4) is 0 Å². The molecule has 1 heterocycles. The van der Waals surface area contributed by atoms with E-state index in [1.165, 1.54) is 0 Å². The molecule has 3 nitrogen and oxygen atoms in total. The molecule has 0 radical (unpaired) electrons. The van der Waals surface area contributed by atoms with Crippen LogP contribution >= 0.6 is 15.9 Å². The summed E-state index contributed by atoms with van der Waals surface area (Å²) in [5.74, 6) is -1.75. The lowest BCUT2D eigenvalue weighted by atomic mass is 10.2. The number of anilines is 1. The Labute approximate surface area is 130 Å². The Morgan fingerprint density at radius 2 is 2.05 bits per heavy atom. The van der Waals surface area contributed by atoms with Crippen molar-refractivity contribution in [3.63, 3.8) is 0 Å². The lowest BCUT2D eigenvalue weighted by Crippen LogP contribution is -2.07. The molecule has 2 aromatic rings. The zero-order chi connectivity index (χ0) is 15.2. The summed E-state index contributed by atoms with van der Waals surface area (Å²) in [6, 6.07) is 8.22. The lowest BCUT2D eigenvalue weighted by molar-refractivity contribution is 0.276. The molecule has 1 N–H and O–H groups in total. The van der Waals surface area contributed by atoms with Crippen LogP contribution in [0.15, 0.2) is 34.8 Å². The molecule has 0 aliphatic rings. The second-order valence-electron chi connectivity index (χ2n) is 4.45. The highest BCUT2D eigenvalue weighted by Gasteiger charge is 2.13. The molecule has 0 atom stereocenters. The van der Waals surface area contributed by atoms with Gasteiger partial charge in [0.05, 0.1) is 0 Å². The third kappa shape index (κ3) is 4.39. The van der Waals surface area contributed by atoms with Gasteiger partial charge in [0.2, 0.25) is 0 Å². The third-order valence-electron chi connectivity index (χ3n) is 2.70. The van der Waals surface area contributed by atoms with Crippen molar-refractivity contribution in [3.8, 4) is 5.88 Å². The molecule has 0 aliphatic heterocycles. The van der Waals surface area contributed by atoms with Crippen molar-refractivity contribution in [2.45, 2.75) is 20.0 Å². The van der Waals surface area contributed by atoms with Crippen LogP contribution in [0.25, 0.3) is 0 Å². The number of nitrogens with one attached hydrogen (secondary N) is 1. The minimum Gasteiger partial charge on any atom is -0.471 e. The molecular formula is C15H15BrF2N2O. The van der Waals surface area contributed by atoms with Gasteiger partial charge in [-0.25, -0.2) is 8.78 Å². The van der Waals surface area contributed by atoms with E-state index < -0.39 is 11.6 Å². The fraction of sp³-hybridized carbons (Fsp3) is 0.267. The van der Waals surface area contributed by atoms with E-state index in [1.54, 1.807) is 0 Å². The maximum atomic E-state index is 13.7. The zero-order valence-corrected chi connectivity index (χ0v) is 13.1. The van der Waals surface area contributed by atoms with E-state index in [-0.39, 0.29) is 18.3 Å². The van der Waals surface area contributed by atoms with E-state index in [0.29, 0.717) is 6.54 Å². The highest BCUT2D eigenvalue weighted by Crippen LogP contribution is 2.22. The summed E-state index contributed by atoms with van der Waals surface area (Å²) in [5, 5.41) is 2.80. The van der Waals surface area contributed by atoms with Gasteiger partial charge in [0.25, 0.3) is 5.88 Å². The number of hydrogen-bond donors (Lipinski definition) is 1. The van der Waals surface area contributed by atoms with E-state index in [2.05, 4.69) is 26.2 Å². The van der Waals surface area contributed by atoms with Crippen molar-refractivity contribution in [1.82, 2.24) is 4.98 Å². The van der Waals surface area contributed by atoms with Gasteiger partial charge in [-0.2, -0.15) is 4.98 Å². The first-order chi connectivity index (χ1) is 10.1. The van der Waals surface area contributed by atoms with Crippen LogP contribution < -0.4 is 10.1 Å². The minimum absolute atomic E-state index is 0.00231. The molecule has 0 bridgehead atoms. The van der Waals surface area contributed by atoms with E-state index in [9.17, 15) is 8.78 Å². The van der Waals surface area contributed by atoms with E-state index >= 15 is 0 Å². The van der Waals surface area contributed by atoms with Crippen LogP contribution in [-0.2, 0) is 6.61 Å². The number of rotatable bonds is 6. The number of hydrogen-bond acceptors (Lipinski definition) is 3. The van der Waals surface area contributed by atoms with Crippen LogP contribution in [0.4, 0.5) is 14.6 Å². The van der Waals surface area contributed by atoms with Gasteiger partial charge in [0, 0.05) is 17.1 Å². The van der Waals surface area contributed by atoms with Gasteiger partial charge >= 0.3 is 0 Å². The predicted octanol–water partition coefficient (Wildman–Crippen LogP) is 4.52. The molecule has 1 aromatic heterocycles. The molecular weight excluding hydrogens is 342 g/mol. The largest absolute Gasteiger partial charge is 0.471 e. The number of nitrogens with zero attached hydrogens (tertiary/aromatic N) is 1. The number of ether oxygens (including phenoxy) is 1. The molecule has 112 valence electrons. The van der Waals surface area contributed by atoms with Crippen molar-refractivity contribution in [1.29, 1.82) is 0 Å². The first-order valence-electron chi connectivity index (χ1n) is 6.57. The van der Waals surface area contributed by atoms with Crippen LogP contribution in [0.2, 0.25) is 0 Å². The second-order valence-corrected chi connectivity index (χ2v) is 5.37. The van der Waals surface area contributed by atoms with Gasteiger partial charge in [-0.05, 0) is 24.1 Å². The number of pyridine rings is 1. The van der Waals surface area contributed by atoms with Gasteiger partial charge in [-0.1, -0.05) is 35.0 Å². The van der Waals surface area contributed by atoms with Crippen molar-refractivity contribution >= 4 is 21.7 Å². The van der Waals surface area contributed by atoms with Crippen LogP contribution in [0.1, 0.15) is 18.9 Å². The Morgan fingerprint density at radius 1 is 1.24 bits per heavy atom. The second kappa shape index (κ2) is 7.36. The lowest BCUT2D eigenvalue weighted by Gasteiger charge is -2.10. The molecule has 1 aromatic carbocycles. The minimum atomic E-state index is -0.815. The Morgan fingerprint density at radius 3 is 2.76 bits per heavy atom. The SMILES string of the molecule is CCCNc1nc(OCc2cccc(Br)c2)c(F)cc1F. The quantitative estimate of drug-likeness (QED) is 0.825. The first kappa shape index (κ1) is 15.7. The maximum Gasteiger partial charge on any atom is 0.252 e. The molecule has 0 spiro atoms. The molecule has 0 unspecified atom stereocenters. The molecule has 6 heteroatoms. The topological polar surface area (TPSA) is 34.2 Å². The van der Waals surface area contributed by atoms with E-state index in [0.717, 1.165) is 22.5 Å². The molecule has 0 saturated heterocycles. The van der Waals surface area contributed by atoms with Crippen molar-refractivity contribution < 1.29 is 13.5 Å². The number of benzene rings is 1. The fourth-order valence-electron chi connectivity index (χ4n) is 1.70. The summed E-state index contributed by atoms with van der Waals surface area (Å²) in [5.41, 5.74) is 0.859. The first-order valence-corrected chi connectivity index (χ1v) is 7.36. The Bertz CT molecular complexity index is 623. The zero-order valence-electron chi connectivity index (χ0n) is 11.5. The molecule has 2 rings (SSSR count). The Hall–Kier alpha value is -1.69. The smallest absolute Gasteiger partial charge is 0.252 e. The van der Waals surface area contributed by atoms with Crippen molar-refractivity contribution in [3.05, 3.63) is 52.0 Å². The van der Waals surface area contributed by atoms with Gasteiger partial charge in [-0.15, -0.1) is 0 Å². The summed E-state index contributed by atoms with van der Waals surface area (Å²) < 4.78 is 33.5. The monoisotopic (exact) mass is 356 g/mol. The highest BCUT2D eigenvalue weighted by molar-refractivity contribution is 9.10. The highest BCUT2D eigenvalue weighted by atomic mass is 79.9. The normalized spacial score (nSPS) is 10.5. The van der Waals surface area contributed by atoms with Gasteiger partial charge < -0.3 is 10.1 Å². The molecule has 0 aliphatic carbocycles. The molecule has 0 saturated carbocycles. The standard InChI is InChI=1S/C15H15BrF2N2O/c1-2-6-19-14-12(17)8-13(18)15(20-14)21-9-10-4-3-5-11(16)7-10/h3-5,7-8H,2,6,9H2,1H3,(H,19,20). The average Bonchev–Trinajstić information content (AvgIpc) is 2.45. The summed E-state index contributed by atoms with van der Waals surface area (Å²) in [7, 11) is 0. The summed E-state index contributed by atoms with van der Waals surface area (Å²) in [6.45, 7) is 2.65. The third-order valence-corrected chi connectivity index (χ3v) is 3.20. The molecule has 0 amide bonds. The van der Waals surface area contributed by atoms with Gasteiger partial charge in [0.15, 0.2) is 17.5 Å². The van der Waals surface area contributed by atoms with Crippen molar-refractivity contribution in [2.24, 2.45) is 0 Å². The van der Waals surface area contributed by atoms with Gasteiger partial charge in [0.1, 0.15) is 6.61 Å². The number of aromatic nitrogens is 1. The Kier molecular flexibility index (Phi) is 5.50. The summed E-state index contributed by atoms with van der Waals surface area (Å²) in [4.78, 5) is 3.85. The van der Waals surface area contributed by atoms with E-state index in [4.69, 9.17) is 4.74 Å². The maximum absolute atomic E-state index is 13.7. The van der Waals surface area contributed by atoms with Crippen LogP contribution in [-0.4, -0.2) is 11.5 Å². The van der Waals surface area contributed by atoms with E-state index in [1.807, 2.05) is 31.2 Å². The number of halogens is 3. The average molecular weight is 357 g/mol. The van der Waals surface area contributed by atoms with Crippen LogP contribution in [0, 0.1) is 11.6 Å². The molecule has 21 heavy (non-hydrogen) atoms. The summed E-state index contributed by atoms with van der Waals surface area (Å²) >= 11 is 3.35. The fourth-order valence-corrected chi connectivity index (χ4v) is 2.14. The van der Waals surface area contributed by atoms with Crippen molar-refractivity contribution in [2.75, 3.05) is 11.9 Å². The molecule has 0 fully saturated rings.